The normalized spacial score (nSPS) is 17.5. The van der Waals surface area contributed by atoms with Crippen LogP contribution in [0.3, 0.4) is 0 Å². The highest BCUT2D eigenvalue weighted by Gasteiger charge is 2.37. The highest BCUT2D eigenvalue weighted by molar-refractivity contribution is 7.89. The molecule has 160 valence electrons. The number of nitrogens with zero attached hydrogens (tertiary/aromatic N) is 6. The number of piperazine rings is 1. The van der Waals surface area contributed by atoms with Gasteiger partial charge in [-0.2, -0.15) is 27.7 Å². The van der Waals surface area contributed by atoms with E-state index in [0.29, 0.717) is 0 Å². The van der Waals surface area contributed by atoms with Crippen molar-refractivity contribution in [3.8, 4) is 0 Å². The molecule has 1 aliphatic heterocycles. The smallest absolute Gasteiger partial charge is 0.338 e. The molecule has 0 N–H and O–H groups in total. The zero-order valence-corrected chi connectivity index (χ0v) is 16.9. The predicted molar refractivity (Wildman–Crippen MR) is 95.2 cm³/mol. The van der Waals surface area contributed by atoms with Crippen molar-refractivity contribution in [2.24, 2.45) is 7.05 Å². The lowest BCUT2D eigenvalue weighted by atomic mass is 10.2. The summed E-state index contributed by atoms with van der Waals surface area (Å²) in [5.74, 6) is -0.414. The highest BCUT2D eigenvalue weighted by atomic mass is 32.2. The average Bonchev–Trinajstić information content (AvgIpc) is 3.26. The summed E-state index contributed by atoms with van der Waals surface area (Å²) in [7, 11) is -2.10. The third-order valence-corrected chi connectivity index (χ3v) is 6.66. The SMILES string of the molecule is Cc1cc(C(F)(F)F)nn1C(C)C(=O)N1CCN(S(=O)(=O)c2cnn(C)c2)CC1. The van der Waals surface area contributed by atoms with E-state index in [1.807, 2.05) is 0 Å². The fourth-order valence-corrected chi connectivity index (χ4v) is 4.63. The number of sulfonamides is 1. The molecule has 3 heterocycles. The summed E-state index contributed by atoms with van der Waals surface area (Å²) in [5, 5.41) is 7.38. The van der Waals surface area contributed by atoms with Crippen LogP contribution in [0.4, 0.5) is 13.2 Å². The summed E-state index contributed by atoms with van der Waals surface area (Å²) >= 11 is 0. The summed E-state index contributed by atoms with van der Waals surface area (Å²) in [6, 6.07) is -0.0464. The molecular formula is C16H21F3N6O3S. The molecular weight excluding hydrogens is 413 g/mol. The molecule has 0 radical (unpaired) electrons. The maximum Gasteiger partial charge on any atom is 0.435 e. The molecule has 2 aromatic rings. The van der Waals surface area contributed by atoms with Crippen LogP contribution in [0.5, 0.6) is 0 Å². The Morgan fingerprint density at radius 3 is 2.31 bits per heavy atom. The van der Waals surface area contributed by atoms with Gasteiger partial charge in [-0.15, -0.1) is 0 Å². The van der Waals surface area contributed by atoms with E-state index < -0.39 is 33.8 Å². The maximum atomic E-state index is 12.9. The van der Waals surface area contributed by atoms with Crippen LogP contribution in [0.2, 0.25) is 0 Å². The lowest BCUT2D eigenvalue weighted by molar-refractivity contribution is -0.142. The summed E-state index contributed by atoms with van der Waals surface area (Å²) in [5.41, 5.74) is -0.835. The second-order valence-corrected chi connectivity index (χ2v) is 8.81. The first-order valence-corrected chi connectivity index (χ1v) is 10.3. The first kappa shape index (κ1) is 21.3. The van der Waals surface area contributed by atoms with Crippen molar-refractivity contribution >= 4 is 15.9 Å². The molecule has 3 rings (SSSR count). The number of halogens is 3. The van der Waals surface area contributed by atoms with Gasteiger partial charge in [0, 0.05) is 45.1 Å². The minimum Gasteiger partial charge on any atom is -0.338 e. The van der Waals surface area contributed by atoms with Crippen LogP contribution in [0.15, 0.2) is 23.4 Å². The number of carbonyl (C=O) groups excluding carboxylic acids is 1. The average molecular weight is 434 g/mol. The van der Waals surface area contributed by atoms with Crippen LogP contribution in [0.25, 0.3) is 0 Å². The van der Waals surface area contributed by atoms with E-state index in [4.69, 9.17) is 0 Å². The van der Waals surface area contributed by atoms with Gasteiger partial charge < -0.3 is 4.90 Å². The van der Waals surface area contributed by atoms with E-state index in [0.717, 1.165) is 10.7 Å². The van der Waals surface area contributed by atoms with Gasteiger partial charge in [0.2, 0.25) is 15.9 Å². The van der Waals surface area contributed by atoms with Crippen molar-refractivity contribution < 1.29 is 26.4 Å². The Kier molecular flexibility index (Phi) is 5.47. The number of rotatable bonds is 4. The summed E-state index contributed by atoms with van der Waals surface area (Å²) in [6.07, 6.45) is -1.94. The third kappa shape index (κ3) is 4.15. The number of hydrogen-bond donors (Lipinski definition) is 0. The van der Waals surface area contributed by atoms with Gasteiger partial charge in [0.1, 0.15) is 10.9 Å². The largest absolute Gasteiger partial charge is 0.435 e. The van der Waals surface area contributed by atoms with E-state index in [2.05, 4.69) is 10.2 Å². The molecule has 13 heteroatoms. The molecule has 29 heavy (non-hydrogen) atoms. The number of aromatic nitrogens is 4. The molecule has 0 spiro atoms. The molecule has 1 atom stereocenters. The van der Waals surface area contributed by atoms with Gasteiger partial charge in [0.05, 0.1) is 6.20 Å². The topological polar surface area (TPSA) is 93.3 Å². The van der Waals surface area contributed by atoms with Gasteiger partial charge >= 0.3 is 6.18 Å². The van der Waals surface area contributed by atoms with Crippen LogP contribution in [0, 0.1) is 6.92 Å². The van der Waals surface area contributed by atoms with Gasteiger partial charge in [0.25, 0.3) is 0 Å². The lowest BCUT2D eigenvalue weighted by Crippen LogP contribution is -2.51. The number of alkyl halides is 3. The zero-order chi connectivity index (χ0) is 21.6. The fraction of sp³-hybridized carbons (Fsp3) is 0.562. The first-order valence-electron chi connectivity index (χ1n) is 8.82. The summed E-state index contributed by atoms with van der Waals surface area (Å²) < 4.78 is 67.5. The van der Waals surface area contributed by atoms with Crippen molar-refractivity contribution in [1.29, 1.82) is 0 Å². The Morgan fingerprint density at radius 2 is 1.83 bits per heavy atom. The van der Waals surface area contributed by atoms with E-state index in [9.17, 15) is 26.4 Å². The van der Waals surface area contributed by atoms with Crippen LogP contribution in [-0.4, -0.2) is 69.3 Å². The lowest BCUT2D eigenvalue weighted by Gasteiger charge is -2.35. The van der Waals surface area contributed by atoms with E-state index in [1.165, 1.54) is 40.1 Å². The van der Waals surface area contributed by atoms with Crippen LogP contribution < -0.4 is 0 Å². The second kappa shape index (κ2) is 7.44. The standard InChI is InChI=1S/C16H21F3N6O3S/c1-11-8-14(16(17,18)19)21-25(11)12(2)15(26)23-4-6-24(7-5-23)29(27,28)13-9-20-22(3)10-13/h8-10,12H,4-7H2,1-3H3. The number of amides is 1. The van der Waals surface area contributed by atoms with Crippen LogP contribution in [0.1, 0.15) is 24.4 Å². The molecule has 1 unspecified atom stereocenters. The van der Waals surface area contributed by atoms with Crippen LogP contribution in [-0.2, 0) is 28.0 Å². The third-order valence-electron chi connectivity index (χ3n) is 4.81. The molecule has 0 aromatic carbocycles. The van der Waals surface area contributed by atoms with Gasteiger partial charge in [-0.05, 0) is 19.9 Å². The van der Waals surface area contributed by atoms with Crippen molar-refractivity contribution in [2.75, 3.05) is 26.2 Å². The van der Waals surface area contributed by atoms with Crippen LogP contribution >= 0.6 is 0 Å². The second-order valence-electron chi connectivity index (χ2n) is 6.87. The molecule has 1 aliphatic rings. The Balaban J connectivity index is 1.68. The molecule has 0 aliphatic carbocycles. The monoisotopic (exact) mass is 434 g/mol. The molecule has 0 saturated carbocycles. The number of hydrogen-bond acceptors (Lipinski definition) is 5. The van der Waals surface area contributed by atoms with Gasteiger partial charge in [-0.1, -0.05) is 0 Å². The Hall–Kier alpha value is -2.41. The first-order chi connectivity index (χ1) is 13.4. The highest BCUT2D eigenvalue weighted by Crippen LogP contribution is 2.29. The fourth-order valence-electron chi connectivity index (χ4n) is 3.22. The van der Waals surface area contributed by atoms with Crippen molar-refractivity contribution in [2.45, 2.75) is 31.0 Å². The molecule has 1 amide bonds. The summed E-state index contributed by atoms with van der Waals surface area (Å²) in [4.78, 5) is 14.3. The Bertz CT molecular complexity index is 1010. The van der Waals surface area contributed by atoms with Crippen molar-refractivity contribution in [3.63, 3.8) is 0 Å². The Morgan fingerprint density at radius 1 is 1.21 bits per heavy atom. The van der Waals surface area contributed by atoms with Crippen molar-refractivity contribution in [1.82, 2.24) is 28.8 Å². The van der Waals surface area contributed by atoms with Gasteiger partial charge in [-0.3, -0.25) is 14.2 Å². The number of aryl methyl sites for hydroxylation is 2. The molecule has 1 saturated heterocycles. The van der Waals surface area contributed by atoms with E-state index in [-0.39, 0.29) is 36.8 Å². The maximum absolute atomic E-state index is 12.9. The zero-order valence-electron chi connectivity index (χ0n) is 16.1. The minimum atomic E-state index is -4.59. The molecule has 1 fully saturated rings. The van der Waals surface area contributed by atoms with E-state index in [1.54, 1.807) is 7.05 Å². The minimum absolute atomic E-state index is 0.0694. The predicted octanol–water partition coefficient (Wildman–Crippen LogP) is 1.04. The van der Waals surface area contributed by atoms with E-state index >= 15 is 0 Å². The molecule has 9 nitrogen and oxygen atoms in total. The molecule has 0 bridgehead atoms. The Labute approximate surface area is 165 Å². The quantitative estimate of drug-likeness (QED) is 0.717. The summed E-state index contributed by atoms with van der Waals surface area (Å²) in [6.45, 7) is 3.36. The van der Waals surface area contributed by atoms with Crippen molar-refractivity contribution in [3.05, 3.63) is 29.8 Å². The van der Waals surface area contributed by atoms with Gasteiger partial charge in [0.15, 0.2) is 5.69 Å². The molecule has 2 aromatic heterocycles. The van der Waals surface area contributed by atoms with Gasteiger partial charge in [-0.25, -0.2) is 8.42 Å². The number of carbonyl (C=O) groups is 1.